The summed E-state index contributed by atoms with van der Waals surface area (Å²) < 4.78 is 5.63. The number of amides is 1. The van der Waals surface area contributed by atoms with Gasteiger partial charge >= 0.3 is 0 Å². The van der Waals surface area contributed by atoms with Crippen LogP contribution in [0.25, 0.3) is 0 Å². The minimum Gasteiger partial charge on any atom is -0.494 e. The highest BCUT2D eigenvalue weighted by atomic mass is 16.5. The quantitative estimate of drug-likeness (QED) is 0.769. The summed E-state index contributed by atoms with van der Waals surface area (Å²) in [7, 11) is 0. The Labute approximate surface area is 136 Å². The number of hydrogen-bond acceptors (Lipinski definition) is 4. The number of unbranched alkanes of at least 4 members (excludes halogenated alkanes) is 1. The van der Waals surface area contributed by atoms with Gasteiger partial charge in [-0.15, -0.1) is 0 Å². The highest BCUT2D eigenvalue weighted by Crippen LogP contribution is 2.22. The molecule has 0 bridgehead atoms. The molecule has 0 saturated carbocycles. The molecule has 3 rings (SSSR count). The van der Waals surface area contributed by atoms with Crippen molar-refractivity contribution in [3.63, 3.8) is 0 Å². The van der Waals surface area contributed by atoms with Crippen LogP contribution in [0.15, 0.2) is 36.7 Å². The Hall–Kier alpha value is -2.37. The molecule has 0 N–H and O–H groups in total. The largest absolute Gasteiger partial charge is 0.494 e. The van der Waals surface area contributed by atoms with Crippen molar-refractivity contribution in [2.75, 3.05) is 19.7 Å². The van der Waals surface area contributed by atoms with E-state index in [0.717, 1.165) is 31.6 Å². The second-order valence-electron chi connectivity index (χ2n) is 5.77. The first-order chi connectivity index (χ1) is 11.3. The minimum absolute atomic E-state index is 0.0553. The van der Waals surface area contributed by atoms with Crippen molar-refractivity contribution in [1.82, 2.24) is 19.9 Å². The van der Waals surface area contributed by atoms with Gasteiger partial charge in [-0.3, -0.25) is 4.79 Å². The van der Waals surface area contributed by atoms with Crippen LogP contribution in [0.4, 0.5) is 0 Å². The number of carbonyl (C=O) groups is 1. The van der Waals surface area contributed by atoms with Gasteiger partial charge in [-0.25, -0.2) is 0 Å². The standard InChI is InChI=1S/C17H22N4O2/c1-2-3-12-23-16-6-4-14(5-7-16)17(22)20-11-8-15(13-20)21-18-9-10-19-21/h4-7,9-10,15H,2-3,8,11-13H2,1H3. The summed E-state index contributed by atoms with van der Waals surface area (Å²) in [6.45, 7) is 4.24. The first kappa shape index (κ1) is 15.5. The second kappa shape index (κ2) is 7.26. The Bertz CT molecular complexity index is 625. The normalized spacial score (nSPS) is 17.4. The van der Waals surface area contributed by atoms with E-state index in [1.165, 1.54) is 0 Å². The summed E-state index contributed by atoms with van der Waals surface area (Å²) in [4.78, 5) is 16.1. The van der Waals surface area contributed by atoms with Crippen LogP contribution < -0.4 is 4.74 Å². The number of carbonyl (C=O) groups excluding carboxylic acids is 1. The van der Waals surface area contributed by atoms with Crippen LogP contribution in [0.2, 0.25) is 0 Å². The summed E-state index contributed by atoms with van der Waals surface area (Å²) in [6, 6.07) is 7.58. The number of hydrogen-bond donors (Lipinski definition) is 0. The maximum atomic E-state index is 12.6. The fourth-order valence-electron chi connectivity index (χ4n) is 2.74. The minimum atomic E-state index is 0.0553. The molecule has 2 aromatic rings. The molecule has 23 heavy (non-hydrogen) atoms. The van der Waals surface area contributed by atoms with Crippen LogP contribution >= 0.6 is 0 Å². The van der Waals surface area contributed by atoms with E-state index in [1.807, 2.05) is 29.2 Å². The maximum absolute atomic E-state index is 12.6. The van der Waals surface area contributed by atoms with Crippen molar-refractivity contribution in [2.45, 2.75) is 32.2 Å². The molecule has 1 unspecified atom stereocenters. The third-order valence-corrected chi connectivity index (χ3v) is 4.08. The molecule has 1 aliphatic rings. The van der Waals surface area contributed by atoms with E-state index in [2.05, 4.69) is 17.1 Å². The topological polar surface area (TPSA) is 60.2 Å². The van der Waals surface area contributed by atoms with Crippen molar-refractivity contribution < 1.29 is 9.53 Å². The summed E-state index contributed by atoms with van der Waals surface area (Å²) in [5, 5.41) is 8.33. The Morgan fingerprint density at radius 1 is 1.26 bits per heavy atom. The van der Waals surface area contributed by atoms with Gasteiger partial charge < -0.3 is 9.64 Å². The summed E-state index contributed by atoms with van der Waals surface area (Å²) in [5.41, 5.74) is 0.696. The Balaban J connectivity index is 1.58. The van der Waals surface area contributed by atoms with E-state index in [1.54, 1.807) is 17.2 Å². The maximum Gasteiger partial charge on any atom is 0.253 e. The molecular formula is C17H22N4O2. The summed E-state index contributed by atoms with van der Waals surface area (Å²) in [5.74, 6) is 0.870. The first-order valence-corrected chi connectivity index (χ1v) is 8.16. The van der Waals surface area contributed by atoms with Gasteiger partial charge in [-0.2, -0.15) is 15.0 Å². The number of nitrogens with zero attached hydrogens (tertiary/aromatic N) is 4. The molecule has 0 aliphatic carbocycles. The fraction of sp³-hybridized carbons (Fsp3) is 0.471. The zero-order valence-corrected chi connectivity index (χ0v) is 13.4. The lowest BCUT2D eigenvalue weighted by molar-refractivity contribution is 0.0786. The summed E-state index contributed by atoms with van der Waals surface area (Å²) >= 11 is 0. The molecule has 6 nitrogen and oxygen atoms in total. The van der Waals surface area contributed by atoms with Crippen molar-refractivity contribution >= 4 is 5.91 Å². The highest BCUT2D eigenvalue weighted by Gasteiger charge is 2.28. The molecule has 1 aromatic carbocycles. The van der Waals surface area contributed by atoms with Crippen molar-refractivity contribution in [3.8, 4) is 5.75 Å². The van der Waals surface area contributed by atoms with Gasteiger partial charge in [0, 0.05) is 18.7 Å². The van der Waals surface area contributed by atoms with Crippen molar-refractivity contribution in [3.05, 3.63) is 42.2 Å². The molecule has 1 fully saturated rings. The lowest BCUT2D eigenvalue weighted by Gasteiger charge is -2.16. The van der Waals surface area contributed by atoms with E-state index >= 15 is 0 Å². The Morgan fingerprint density at radius 2 is 2.00 bits per heavy atom. The molecule has 0 radical (unpaired) electrons. The second-order valence-corrected chi connectivity index (χ2v) is 5.77. The Kier molecular flexibility index (Phi) is 4.90. The third kappa shape index (κ3) is 3.70. The lowest BCUT2D eigenvalue weighted by Crippen LogP contribution is -2.29. The van der Waals surface area contributed by atoms with Gasteiger partial charge in [0.05, 0.1) is 25.0 Å². The van der Waals surface area contributed by atoms with E-state index in [-0.39, 0.29) is 11.9 Å². The van der Waals surface area contributed by atoms with E-state index in [0.29, 0.717) is 18.7 Å². The molecule has 1 saturated heterocycles. The lowest BCUT2D eigenvalue weighted by atomic mass is 10.2. The van der Waals surface area contributed by atoms with Crippen LogP contribution in [0.5, 0.6) is 5.75 Å². The van der Waals surface area contributed by atoms with Gasteiger partial charge in [0.2, 0.25) is 0 Å². The van der Waals surface area contributed by atoms with Gasteiger partial charge in [0.15, 0.2) is 0 Å². The number of ether oxygens (including phenoxy) is 1. The van der Waals surface area contributed by atoms with E-state index < -0.39 is 0 Å². The zero-order chi connectivity index (χ0) is 16.1. The molecule has 0 spiro atoms. The van der Waals surface area contributed by atoms with E-state index in [9.17, 15) is 4.79 Å². The molecule has 122 valence electrons. The van der Waals surface area contributed by atoms with Crippen LogP contribution in [0.1, 0.15) is 42.6 Å². The summed E-state index contributed by atoms with van der Waals surface area (Å²) in [6.07, 6.45) is 6.37. The van der Waals surface area contributed by atoms with Crippen molar-refractivity contribution in [1.29, 1.82) is 0 Å². The van der Waals surface area contributed by atoms with Crippen LogP contribution in [0.3, 0.4) is 0 Å². The van der Waals surface area contributed by atoms with Gasteiger partial charge in [0.25, 0.3) is 5.91 Å². The van der Waals surface area contributed by atoms with Gasteiger partial charge in [-0.05, 0) is 37.1 Å². The Morgan fingerprint density at radius 3 is 2.70 bits per heavy atom. The SMILES string of the molecule is CCCCOc1ccc(C(=O)N2CCC(n3nccn3)C2)cc1. The number of rotatable bonds is 6. The van der Waals surface area contributed by atoms with Crippen molar-refractivity contribution in [2.24, 2.45) is 0 Å². The molecular weight excluding hydrogens is 292 g/mol. The number of aromatic nitrogens is 3. The molecule has 1 aliphatic heterocycles. The predicted molar refractivity (Wildman–Crippen MR) is 86.4 cm³/mol. The van der Waals surface area contributed by atoms with Crippen LogP contribution in [-0.4, -0.2) is 45.5 Å². The average molecular weight is 314 g/mol. The number of benzene rings is 1. The molecule has 1 atom stereocenters. The van der Waals surface area contributed by atoms with E-state index in [4.69, 9.17) is 4.74 Å². The number of likely N-dealkylation sites (tertiary alicyclic amines) is 1. The van der Waals surface area contributed by atoms with Crippen LogP contribution in [0, 0.1) is 0 Å². The smallest absolute Gasteiger partial charge is 0.253 e. The third-order valence-electron chi connectivity index (χ3n) is 4.08. The van der Waals surface area contributed by atoms with Gasteiger partial charge in [0.1, 0.15) is 5.75 Å². The monoisotopic (exact) mass is 314 g/mol. The highest BCUT2D eigenvalue weighted by molar-refractivity contribution is 5.94. The molecule has 1 amide bonds. The molecule has 1 aromatic heterocycles. The van der Waals surface area contributed by atoms with Gasteiger partial charge in [-0.1, -0.05) is 13.3 Å². The molecule has 6 heteroatoms. The zero-order valence-electron chi connectivity index (χ0n) is 13.4. The predicted octanol–water partition coefficient (Wildman–Crippen LogP) is 2.54. The average Bonchev–Trinajstić information content (AvgIpc) is 3.26. The first-order valence-electron chi connectivity index (χ1n) is 8.16. The fourth-order valence-corrected chi connectivity index (χ4v) is 2.74. The molecule has 2 heterocycles. The van der Waals surface area contributed by atoms with Crippen LogP contribution in [-0.2, 0) is 0 Å².